The summed E-state index contributed by atoms with van der Waals surface area (Å²) in [5.74, 6) is 1.07. The van der Waals surface area contributed by atoms with Gasteiger partial charge in [-0.15, -0.1) is 13.2 Å². The number of allylic oxidation sites excluding steroid dienone is 1. The Bertz CT molecular complexity index is 375. The first-order valence-corrected chi connectivity index (χ1v) is 11.9. The molecule has 0 bridgehead atoms. The van der Waals surface area contributed by atoms with Crippen molar-refractivity contribution in [2.75, 3.05) is 27.2 Å². The highest BCUT2D eigenvalue weighted by Crippen LogP contribution is 2.21. The van der Waals surface area contributed by atoms with Crippen LogP contribution in [-0.2, 0) is 4.79 Å². The van der Waals surface area contributed by atoms with Crippen LogP contribution in [0.5, 0.6) is 0 Å². The van der Waals surface area contributed by atoms with Crippen molar-refractivity contribution in [1.82, 2.24) is 10.2 Å². The van der Waals surface area contributed by atoms with Crippen LogP contribution in [0.15, 0.2) is 23.3 Å². The van der Waals surface area contributed by atoms with Crippen molar-refractivity contribution in [1.29, 1.82) is 0 Å². The van der Waals surface area contributed by atoms with Gasteiger partial charge in [0.1, 0.15) is 0 Å². The molecule has 1 fully saturated rings. The molecule has 1 saturated carbocycles. The lowest BCUT2D eigenvalue weighted by molar-refractivity contribution is -0.113. The number of nitrogens with zero attached hydrogens (tertiary/aromatic N) is 1. The second-order valence-electron chi connectivity index (χ2n) is 7.49. The summed E-state index contributed by atoms with van der Waals surface area (Å²) in [4.78, 5) is 13.3. The van der Waals surface area contributed by atoms with Crippen molar-refractivity contribution < 1.29 is 4.79 Å². The Morgan fingerprint density at radius 1 is 1.07 bits per heavy atom. The molecule has 1 aliphatic rings. The van der Waals surface area contributed by atoms with Crippen molar-refractivity contribution in [2.24, 2.45) is 5.92 Å². The molecule has 0 spiro atoms. The van der Waals surface area contributed by atoms with E-state index in [2.05, 4.69) is 67.0 Å². The predicted octanol–water partition coefficient (Wildman–Crippen LogP) is 7.33. The number of hydrogen-bond donors (Lipinski definition) is 1. The minimum Gasteiger partial charge on any atom is -0.389 e. The maximum Gasteiger partial charge on any atom is 0.168 e. The van der Waals surface area contributed by atoms with Crippen molar-refractivity contribution in [2.45, 2.75) is 92.4 Å². The minimum absolute atomic E-state index is 0.0549. The molecule has 0 atom stereocenters. The number of halogens is 1. The van der Waals surface area contributed by atoms with Gasteiger partial charge in [-0.3, -0.25) is 4.79 Å². The van der Waals surface area contributed by atoms with E-state index < -0.39 is 0 Å². The molecule has 0 saturated heterocycles. The van der Waals surface area contributed by atoms with Crippen LogP contribution in [-0.4, -0.2) is 37.9 Å². The van der Waals surface area contributed by atoms with Gasteiger partial charge >= 0.3 is 0 Å². The normalized spacial score (nSPS) is 15.2. The van der Waals surface area contributed by atoms with Crippen LogP contribution in [0, 0.1) is 5.92 Å². The number of Topliss-reactive ketones (excluding diaryl/α,β-unsaturated/α-hetero) is 1. The molecular formula is C24H49BrN2O. The monoisotopic (exact) mass is 460 g/mol. The fourth-order valence-corrected chi connectivity index (χ4v) is 3.19. The molecule has 4 heteroatoms. The topological polar surface area (TPSA) is 32.3 Å². The average molecular weight is 462 g/mol. The lowest BCUT2D eigenvalue weighted by atomic mass is 9.93. The van der Waals surface area contributed by atoms with Crippen LogP contribution in [0.4, 0.5) is 0 Å². The molecule has 0 heterocycles. The second kappa shape index (κ2) is 24.4. The smallest absolute Gasteiger partial charge is 0.168 e. The van der Waals surface area contributed by atoms with Crippen LogP contribution < -0.4 is 5.32 Å². The number of rotatable bonds is 6. The van der Waals surface area contributed by atoms with Crippen molar-refractivity contribution in [3.8, 4) is 0 Å². The first-order valence-electron chi connectivity index (χ1n) is 11.1. The molecule has 0 amide bonds. The number of hydrogen-bond acceptors (Lipinski definition) is 3. The Hall–Kier alpha value is -0.610. The van der Waals surface area contributed by atoms with Crippen molar-refractivity contribution in [3.05, 3.63) is 23.3 Å². The van der Waals surface area contributed by atoms with Gasteiger partial charge in [0.2, 0.25) is 0 Å². The molecule has 1 N–H and O–H groups in total. The molecule has 3 nitrogen and oxygen atoms in total. The maximum absolute atomic E-state index is 11.1. The van der Waals surface area contributed by atoms with E-state index in [0.29, 0.717) is 4.48 Å². The van der Waals surface area contributed by atoms with Crippen LogP contribution >= 0.6 is 15.9 Å². The van der Waals surface area contributed by atoms with E-state index in [0.717, 1.165) is 31.1 Å². The van der Waals surface area contributed by atoms with Gasteiger partial charge < -0.3 is 10.2 Å². The number of carbonyl (C=O) groups is 1. The van der Waals surface area contributed by atoms with Crippen LogP contribution in [0.25, 0.3) is 0 Å². The summed E-state index contributed by atoms with van der Waals surface area (Å²) in [7, 11) is 3.88. The zero-order valence-corrected chi connectivity index (χ0v) is 21.6. The summed E-state index contributed by atoms with van der Waals surface area (Å²) < 4.78 is 0.642. The standard InChI is InChI=1S/C10H19BrN2O.C9H18.C3H8.C2H4/c1-5-6-13(4)7-9(12-3)10(11)8(2)14;1-9-7-5-3-2-4-6-8-9;1-3-2;1-2/h12H,5-7H2,1-4H3;9H,2-8H2,1H3;3H2,1-2H3;1-2H2/b10-9+;;;. The first-order chi connectivity index (χ1) is 13.3. The Morgan fingerprint density at radius 2 is 1.50 bits per heavy atom. The number of likely N-dealkylation sites (N-methyl/N-ethyl adjacent to an activating group) is 2. The molecule has 1 aliphatic carbocycles. The van der Waals surface area contributed by atoms with E-state index in [1.807, 2.05) is 14.1 Å². The van der Waals surface area contributed by atoms with Gasteiger partial charge in [0.15, 0.2) is 5.78 Å². The quantitative estimate of drug-likeness (QED) is 0.332. The highest BCUT2D eigenvalue weighted by molar-refractivity contribution is 9.12. The molecule has 1 rings (SSSR count). The molecule has 0 aromatic heterocycles. The number of ketones is 1. The molecule has 0 radical (unpaired) electrons. The Labute approximate surface area is 185 Å². The Kier molecular flexibility index (Phi) is 28.0. The van der Waals surface area contributed by atoms with Crippen LogP contribution in [0.3, 0.4) is 0 Å². The summed E-state index contributed by atoms with van der Waals surface area (Å²) in [6.07, 6.45) is 12.8. The van der Waals surface area contributed by atoms with Gasteiger partial charge in [-0.05, 0) is 48.8 Å². The van der Waals surface area contributed by atoms with Gasteiger partial charge in [-0.25, -0.2) is 0 Å². The van der Waals surface area contributed by atoms with Gasteiger partial charge in [0.05, 0.1) is 4.48 Å². The van der Waals surface area contributed by atoms with Gasteiger partial charge in [-0.2, -0.15) is 0 Å². The molecule has 0 aliphatic heterocycles. The van der Waals surface area contributed by atoms with Crippen LogP contribution in [0.2, 0.25) is 0 Å². The third-order valence-electron chi connectivity index (χ3n) is 4.30. The fourth-order valence-electron chi connectivity index (χ4n) is 2.86. The second-order valence-corrected chi connectivity index (χ2v) is 8.29. The number of carbonyl (C=O) groups excluding carboxylic acids is 1. The van der Waals surface area contributed by atoms with Crippen LogP contribution in [0.1, 0.15) is 92.4 Å². The largest absolute Gasteiger partial charge is 0.389 e. The fraction of sp³-hybridized carbons (Fsp3) is 0.792. The Balaban J connectivity index is -0.000000380. The average Bonchev–Trinajstić information content (AvgIpc) is 2.65. The van der Waals surface area contributed by atoms with E-state index in [1.54, 1.807) is 6.92 Å². The SMILES string of the molecule is C=C.CC1CCCCCCC1.CCC.CCCN(C)C/C(NC)=C(\Br)C(C)=O. The van der Waals surface area contributed by atoms with Crippen molar-refractivity contribution >= 4 is 21.7 Å². The van der Waals surface area contributed by atoms with E-state index in [9.17, 15) is 4.79 Å². The summed E-state index contributed by atoms with van der Waals surface area (Å²) in [6.45, 7) is 18.1. The lowest BCUT2D eigenvalue weighted by Crippen LogP contribution is -2.27. The van der Waals surface area contributed by atoms with Crippen molar-refractivity contribution in [3.63, 3.8) is 0 Å². The first kappa shape index (κ1) is 32.1. The van der Waals surface area contributed by atoms with Gasteiger partial charge in [0.25, 0.3) is 0 Å². The summed E-state index contributed by atoms with van der Waals surface area (Å²) in [6, 6.07) is 0. The zero-order valence-electron chi connectivity index (χ0n) is 20.0. The lowest BCUT2D eigenvalue weighted by Gasteiger charge is -2.18. The summed E-state index contributed by atoms with van der Waals surface area (Å²) >= 11 is 3.29. The molecule has 28 heavy (non-hydrogen) atoms. The maximum atomic E-state index is 11.1. The van der Waals surface area contributed by atoms with Gasteiger partial charge in [-0.1, -0.05) is 79.1 Å². The third kappa shape index (κ3) is 21.7. The minimum atomic E-state index is 0.0549. The molecule has 0 unspecified atom stereocenters. The highest BCUT2D eigenvalue weighted by Gasteiger charge is 2.09. The zero-order chi connectivity index (χ0) is 22.4. The van der Waals surface area contributed by atoms with E-state index >= 15 is 0 Å². The summed E-state index contributed by atoms with van der Waals surface area (Å²) in [5.41, 5.74) is 0.938. The van der Waals surface area contributed by atoms with E-state index in [4.69, 9.17) is 0 Å². The molecule has 168 valence electrons. The predicted molar refractivity (Wildman–Crippen MR) is 132 cm³/mol. The summed E-state index contributed by atoms with van der Waals surface area (Å²) in [5, 5.41) is 3.04. The van der Waals surface area contributed by atoms with E-state index in [1.165, 1.54) is 51.4 Å². The van der Waals surface area contributed by atoms with Gasteiger partial charge in [0, 0.05) is 19.3 Å². The highest BCUT2D eigenvalue weighted by atomic mass is 79.9. The third-order valence-corrected chi connectivity index (χ3v) is 5.34. The number of nitrogens with one attached hydrogen (secondary N) is 1. The van der Waals surface area contributed by atoms with E-state index in [-0.39, 0.29) is 5.78 Å². The molecular weight excluding hydrogens is 412 g/mol. The molecule has 0 aromatic carbocycles. The molecule has 0 aromatic rings. The Morgan fingerprint density at radius 3 is 1.86 bits per heavy atom.